The van der Waals surface area contributed by atoms with Crippen LogP contribution in [-0.2, 0) is 4.79 Å². The molecule has 5 heteroatoms. The molecule has 16 heavy (non-hydrogen) atoms. The van der Waals surface area contributed by atoms with Crippen LogP contribution in [0.3, 0.4) is 0 Å². The first-order chi connectivity index (χ1) is 7.60. The van der Waals surface area contributed by atoms with Gasteiger partial charge in [0.1, 0.15) is 11.9 Å². The molecule has 1 fully saturated rings. The van der Waals surface area contributed by atoms with Crippen LogP contribution in [0.25, 0.3) is 0 Å². The first-order valence-electron chi connectivity index (χ1n) is 5.57. The SMILES string of the molecule is CC(C)[C@@H](C#N)N1CCN(C(=O)CCl)CC1. The Morgan fingerprint density at radius 3 is 2.31 bits per heavy atom. The molecule has 1 heterocycles. The summed E-state index contributed by atoms with van der Waals surface area (Å²) >= 11 is 5.50. The molecule has 0 bridgehead atoms. The van der Waals surface area contributed by atoms with E-state index in [9.17, 15) is 4.79 Å². The number of piperazine rings is 1. The zero-order valence-electron chi connectivity index (χ0n) is 9.82. The fourth-order valence-corrected chi connectivity index (χ4v) is 2.16. The second-order valence-corrected chi connectivity index (χ2v) is 4.64. The molecule has 0 saturated carbocycles. The predicted molar refractivity (Wildman–Crippen MR) is 63.1 cm³/mol. The molecular formula is C11H18ClN3O. The number of hydrogen-bond donors (Lipinski definition) is 0. The zero-order valence-corrected chi connectivity index (χ0v) is 10.6. The fourth-order valence-electron chi connectivity index (χ4n) is 1.99. The van der Waals surface area contributed by atoms with Gasteiger partial charge >= 0.3 is 0 Å². The van der Waals surface area contributed by atoms with Gasteiger partial charge in [0.05, 0.1) is 6.07 Å². The number of halogens is 1. The molecule has 4 nitrogen and oxygen atoms in total. The second-order valence-electron chi connectivity index (χ2n) is 4.37. The maximum absolute atomic E-state index is 11.4. The van der Waals surface area contributed by atoms with Crippen LogP contribution in [0, 0.1) is 17.2 Å². The van der Waals surface area contributed by atoms with Crippen molar-refractivity contribution in [3.63, 3.8) is 0 Å². The molecule has 1 saturated heterocycles. The summed E-state index contributed by atoms with van der Waals surface area (Å²) in [7, 11) is 0. The Bertz CT molecular complexity index is 279. The predicted octanol–water partition coefficient (Wildman–Crippen LogP) is 0.918. The van der Waals surface area contributed by atoms with Crippen LogP contribution >= 0.6 is 11.6 Å². The normalized spacial score (nSPS) is 19.6. The minimum Gasteiger partial charge on any atom is -0.339 e. The molecule has 1 amide bonds. The van der Waals surface area contributed by atoms with Crippen molar-refractivity contribution >= 4 is 17.5 Å². The average Bonchev–Trinajstić information content (AvgIpc) is 2.29. The summed E-state index contributed by atoms with van der Waals surface area (Å²) in [5.41, 5.74) is 0. The van der Waals surface area contributed by atoms with E-state index >= 15 is 0 Å². The number of rotatable bonds is 3. The third-order valence-corrected chi connectivity index (χ3v) is 3.17. The third-order valence-electron chi connectivity index (χ3n) is 2.94. The number of carbonyl (C=O) groups is 1. The molecule has 1 aliphatic rings. The van der Waals surface area contributed by atoms with Crippen molar-refractivity contribution in [3.05, 3.63) is 0 Å². The van der Waals surface area contributed by atoms with Crippen LogP contribution in [0.5, 0.6) is 0 Å². The highest BCUT2D eigenvalue weighted by atomic mass is 35.5. The van der Waals surface area contributed by atoms with E-state index in [0.717, 1.165) is 13.1 Å². The third kappa shape index (κ3) is 3.10. The molecular weight excluding hydrogens is 226 g/mol. The minimum absolute atomic E-state index is 0.0145. The molecule has 1 rings (SSSR count). The van der Waals surface area contributed by atoms with Crippen LogP contribution < -0.4 is 0 Å². The summed E-state index contributed by atoms with van der Waals surface area (Å²) in [6.45, 7) is 6.97. The van der Waals surface area contributed by atoms with Crippen molar-refractivity contribution in [2.75, 3.05) is 32.1 Å². The Kier molecular flexibility index (Phi) is 5.04. The quantitative estimate of drug-likeness (QED) is 0.693. The van der Waals surface area contributed by atoms with Gasteiger partial charge in [-0.05, 0) is 5.92 Å². The molecule has 0 radical (unpaired) electrons. The lowest BCUT2D eigenvalue weighted by Crippen LogP contribution is -2.53. The van der Waals surface area contributed by atoms with Crippen molar-refractivity contribution in [1.29, 1.82) is 5.26 Å². The van der Waals surface area contributed by atoms with Gasteiger partial charge in [-0.3, -0.25) is 9.69 Å². The van der Waals surface area contributed by atoms with Gasteiger partial charge in [0, 0.05) is 26.2 Å². The maximum Gasteiger partial charge on any atom is 0.237 e. The molecule has 90 valence electrons. The minimum atomic E-state index is -0.0479. The van der Waals surface area contributed by atoms with E-state index in [1.165, 1.54) is 0 Å². The summed E-state index contributed by atoms with van der Waals surface area (Å²) in [5, 5.41) is 9.08. The molecule has 1 atom stereocenters. The highest BCUT2D eigenvalue weighted by molar-refractivity contribution is 6.27. The summed E-state index contributed by atoms with van der Waals surface area (Å²) in [6, 6.07) is 2.28. The molecule has 1 aliphatic heterocycles. The summed E-state index contributed by atoms with van der Waals surface area (Å²) in [5.74, 6) is 0.353. The Balaban J connectivity index is 2.49. The first kappa shape index (κ1) is 13.3. The number of carbonyl (C=O) groups excluding carboxylic acids is 1. The highest BCUT2D eigenvalue weighted by Crippen LogP contribution is 2.13. The van der Waals surface area contributed by atoms with Crippen LogP contribution in [0.2, 0.25) is 0 Å². The molecule has 0 aliphatic carbocycles. The number of alkyl halides is 1. The molecule has 0 aromatic carbocycles. The van der Waals surface area contributed by atoms with E-state index in [1.54, 1.807) is 4.90 Å². The van der Waals surface area contributed by atoms with Gasteiger partial charge in [-0.1, -0.05) is 13.8 Å². The molecule has 0 spiro atoms. The summed E-state index contributed by atoms with van der Waals surface area (Å²) in [4.78, 5) is 15.3. The van der Waals surface area contributed by atoms with Gasteiger partial charge in [0.25, 0.3) is 0 Å². The van der Waals surface area contributed by atoms with E-state index in [-0.39, 0.29) is 17.8 Å². The average molecular weight is 244 g/mol. The number of amides is 1. The van der Waals surface area contributed by atoms with E-state index in [4.69, 9.17) is 16.9 Å². The van der Waals surface area contributed by atoms with E-state index in [0.29, 0.717) is 19.0 Å². The van der Waals surface area contributed by atoms with Crippen molar-refractivity contribution in [2.24, 2.45) is 5.92 Å². The van der Waals surface area contributed by atoms with Crippen molar-refractivity contribution in [2.45, 2.75) is 19.9 Å². The Morgan fingerprint density at radius 1 is 1.38 bits per heavy atom. The van der Waals surface area contributed by atoms with Crippen LogP contribution in [0.1, 0.15) is 13.8 Å². The van der Waals surface area contributed by atoms with Crippen LogP contribution in [0.4, 0.5) is 0 Å². The van der Waals surface area contributed by atoms with Crippen molar-refractivity contribution in [1.82, 2.24) is 9.80 Å². The monoisotopic (exact) mass is 243 g/mol. The second kappa shape index (κ2) is 6.07. The lowest BCUT2D eigenvalue weighted by molar-refractivity contribution is -0.130. The van der Waals surface area contributed by atoms with E-state index in [2.05, 4.69) is 11.0 Å². The molecule has 0 aromatic rings. The Morgan fingerprint density at radius 2 is 1.94 bits per heavy atom. The number of nitrogens with zero attached hydrogens (tertiary/aromatic N) is 3. The number of hydrogen-bond acceptors (Lipinski definition) is 3. The number of nitriles is 1. The maximum atomic E-state index is 11.4. The Labute approximate surface area is 102 Å². The highest BCUT2D eigenvalue weighted by Gasteiger charge is 2.27. The van der Waals surface area contributed by atoms with Crippen LogP contribution in [-0.4, -0.2) is 53.8 Å². The fraction of sp³-hybridized carbons (Fsp3) is 0.818. The van der Waals surface area contributed by atoms with Gasteiger partial charge in [-0.15, -0.1) is 11.6 Å². The van der Waals surface area contributed by atoms with E-state index in [1.807, 2.05) is 13.8 Å². The molecule has 0 unspecified atom stereocenters. The van der Waals surface area contributed by atoms with Crippen LogP contribution in [0.15, 0.2) is 0 Å². The standard InChI is InChI=1S/C11H18ClN3O/c1-9(2)10(8-13)14-3-5-15(6-4-14)11(16)7-12/h9-10H,3-7H2,1-2H3/t10-/m1/s1. The largest absolute Gasteiger partial charge is 0.339 e. The first-order valence-corrected chi connectivity index (χ1v) is 6.11. The smallest absolute Gasteiger partial charge is 0.237 e. The molecule has 0 N–H and O–H groups in total. The Hall–Kier alpha value is -0.790. The van der Waals surface area contributed by atoms with Gasteiger partial charge < -0.3 is 4.90 Å². The summed E-state index contributed by atoms with van der Waals surface area (Å²) in [6.07, 6.45) is 0. The van der Waals surface area contributed by atoms with Gasteiger partial charge in [-0.2, -0.15) is 5.26 Å². The lowest BCUT2D eigenvalue weighted by atomic mass is 10.0. The van der Waals surface area contributed by atoms with Crippen molar-refractivity contribution < 1.29 is 4.79 Å². The van der Waals surface area contributed by atoms with Gasteiger partial charge in [0.15, 0.2) is 0 Å². The molecule has 0 aromatic heterocycles. The van der Waals surface area contributed by atoms with Gasteiger partial charge in [-0.25, -0.2) is 0 Å². The lowest BCUT2D eigenvalue weighted by Gasteiger charge is -2.37. The zero-order chi connectivity index (χ0) is 12.1. The van der Waals surface area contributed by atoms with E-state index < -0.39 is 0 Å². The topological polar surface area (TPSA) is 47.3 Å². The van der Waals surface area contributed by atoms with Crippen molar-refractivity contribution in [3.8, 4) is 6.07 Å². The van der Waals surface area contributed by atoms with Gasteiger partial charge in [0.2, 0.25) is 5.91 Å². The summed E-state index contributed by atoms with van der Waals surface area (Å²) < 4.78 is 0.